The highest BCUT2D eigenvalue weighted by Crippen LogP contribution is 2.68. The van der Waals surface area contributed by atoms with Crippen LogP contribution in [0.15, 0.2) is 11.6 Å². The van der Waals surface area contributed by atoms with Gasteiger partial charge in [0.05, 0.1) is 5.33 Å². The maximum atomic E-state index is 13.2. The summed E-state index contributed by atoms with van der Waals surface area (Å²) in [6.07, 6.45) is 9.46. The molecule has 3 fully saturated rings. The third kappa shape index (κ3) is 2.93. The van der Waals surface area contributed by atoms with Gasteiger partial charge in [0.1, 0.15) is 0 Å². The molecule has 0 heterocycles. The van der Waals surface area contributed by atoms with Crippen LogP contribution in [0.1, 0.15) is 78.6 Å². The number of carbonyl (C=O) groups is 3. The van der Waals surface area contributed by atoms with E-state index in [4.69, 9.17) is 4.74 Å². The standard InChI is InChI=1S/C24H33BrO4/c1-4-21(28)29-24(20(27)14-25)12-9-19-17-6-5-15-13-16(26)7-10-22(15,2)18(17)8-11-23(19,24)3/h13,17-19H,4-12,14H2,1-3H3/t17-,18+,19+,22+,23+,24-/m1/s1. The van der Waals surface area contributed by atoms with Crippen molar-refractivity contribution in [2.45, 2.75) is 84.2 Å². The second kappa shape index (κ2) is 7.32. The first-order valence-corrected chi connectivity index (χ1v) is 12.4. The van der Waals surface area contributed by atoms with Crippen molar-refractivity contribution in [2.24, 2.45) is 28.6 Å². The highest BCUT2D eigenvalue weighted by atomic mass is 79.9. The Morgan fingerprint density at radius 1 is 1.10 bits per heavy atom. The van der Waals surface area contributed by atoms with Gasteiger partial charge in [-0.3, -0.25) is 14.4 Å². The molecule has 4 aliphatic rings. The highest BCUT2D eigenvalue weighted by molar-refractivity contribution is 9.09. The molecule has 6 atom stereocenters. The van der Waals surface area contributed by atoms with E-state index in [2.05, 4.69) is 29.8 Å². The number of halogens is 1. The number of Topliss-reactive ketones (excluding diaryl/α,β-unsaturated/α-hetero) is 1. The van der Waals surface area contributed by atoms with E-state index in [0.29, 0.717) is 37.0 Å². The van der Waals surface area contributed by atoms with Gasteiger partial charge in [0.2, 0.25) is 0 Å². The average molecular weight is 465 g/mol. The van der Waals surface area contributed by atoms with Crippen LogP contribution in [-0.4, -0.2) is 28.5 Å². The van der Waals surface area contributed by atoms with Crippen molar-refractivity contribution < 1.29 is 19.1 Å². The summed E-state index contributed by atoms with van der Waals surface area (Å²) in [5.41, 5.74) is 0.185. The van der Waals surface area contributed by atoms with Gasteiger partial charge in [-0.15, -0.1) is 0 Å². The Morgan fingerprint density at radius 2 is 1.83 bits per heavy atom. The Hall–Kier alpha value is -0.970. The third-order valence-electron chi connectivity index (χ3n) is 9.23. The number of carbonyl (C=O) groups excluding carboxylic acids is 3. The fourth-order valence-corrected chi connectivity index (χ4v) is 8.07. The van der Waals surface area contributed by atoms with Crippen LogP contribution in [0.2, 0.25) is 0 Å². The number of esters is 1. The van der Waals surface area contributed by atoms with Crippen LogP contribution in [0.3, 0.4) is 0 Å². The van der Waals surface area contributed by atoms with Crippen molar-refractivity contribution in [1.82, 2.24) is 0 Å². The molecule has 0 aromatic rings. The van der Waals surface area contributed by atoms with E-state index in [-0.39, 0.29) is 33.7 Å². The number of hydrogen-bond acceptors (Lipinski definition) is 4. The predicted molar refractivity (Wildman–Crippen MR) is 115 cm³/mol. The fourth-order valence-electron chi connectivity index (χ4n) is 7.61. The monoisotopic (exact) mass is 464 g/mol. The Morgan fingerprint density at radius 3 is 2.52 bits per heavy atom. The van der Waals surface area contributed by atoms with Crippen LogP contribution in [0.25, 0.3) is 0 Å². The summed E-state index contributed by atoms with van der Waals surface area (Å²) in [4.78, 5) is 37.5. The topological polar surface area (TPSA) is 60.4 Å². The van der Waals surface area contributed by atoms with Gasteiger partial charge in [-0.1, -0.05) is 42.3 Å². The summed E-state index contributed by atoms with van der Waals surface area (Å²) in [5.74, 6) is 1.53. The molecule has 0 aromatic carbocycles. The molecular weight excluding hydrogens is 432 g/mol. The van der Waals surface area contributed by atoms with Gasteiger partial charge >= 0.3 is 5.97 Å². The van der Waals surface area contributed by atoms with Crippen LogP contribution in [0.4, 0.5) is 0 Å². The van der Waals surface area contributed by atoms with Gasteiger partial charge in [0.15, 0.2) is 17.2 Å². The maximum Gasteiger partial charge on any atom is 0.306 e. The molecule has 0 radical (unpaired) electrons. The van der Waals surface area contributed by atoms with E-state index >= 15 is 0 Å². The van der Waals surface area contributed by atoms with Gasteiger partial charge in [-0.2, -0.15) is 0 Å². The molecule has 0 bridgehead atoms. The minimum atomic E-state index is -0.987. The maximum absolute atomic E-state index is 13.2. The quantitative estimate of drug-likeness (QED) is 0.424. The minimum Gasteiger partial charge on any atom is -0.450 e. The molecule has 0 N–H and O–H groups in total. The van der Waals surface area contributed by atoms with Gasteiger partial charge < -0.3 is 4.74 Å². The van der Waals surface area contributed by atoms with Gasteiger partial charge in [-0.25, -0.2) is 0 Å². The number of hydrogen-bond donors (Lipinski definition) is 0. The molecule has 160 valence electrons. The molecule has 0 saturated heterocycles. The zero-order chi connectivity index (χ0) is 21.0. The number of fused-ring (bicyclic) bond motifs is 5. The molecule has 4 rings (SSSR count). The molecule has 3 saturated carbocycles. The molecule has 0 spiro atoms. The van der Waals surface area contributed by atoms with Crippen molar-refractivity contribution in [2.75, 3.05) is 5.33 Å². The summed E-state index contributed by atoms with van der Waals surface area (Å²) in [6.45, 7) is 6.37. The van der Waals surface area contributed by atoms with E-state index < -0.39 is 5.60 Å². The summed E-state index contributed by atoms with van der Waals surface area (Å²) < 4.78 is 6.02. The number of alkyl halides is 1. The predicted octanol–water partition coefficient (Wildman–Crippen LogP) is 5.17. The third-order valence-corrected chi connectivity index (χ3v) is 9.74. The first kappa shape index (κ1) is 21.3. The molecule has 5 heteroatoms. The normalized spacial score (nSPS) is 43.7. The largest absolute Gasteiger partial charge is 0.450 e. The Bertz CT molecular complexity index is 773. The lowest BCUT2D eigenvalue weighted by atomic mass is 9.46. The van der Waals surface area contributed by atoms with Crippen molar-refractivity contribution in [1.29, 1.82) is 0 Å². The van der Waals surface area contributed by atoms with E-state index in [1.165, 1.54) is 5.57 Å². The second-order valence-corrected chi connectivity index (χ2v) is 10.7. The summed E-state index contributed by atoms with van der Waals surface area (Å²) in [5, 5.41) is 0.229. The molecule has 0 aliphatic heterocycles. The van der Waals surface area contributed by atoms with Gasteiger partial charge in [-0.05, 0) is 74.2 Å². The number of allylic oxidation sites excluding steroid dienone is 1. The zero-order valence-electron chi connectivity index (χ0n) is 17.9. The lowest BCUT2D eigenvalue weighted by Gasteiger charge is -2.59. The number of ketones is 2. The average Bonchev–Trinajstić information content (AvgIpc) is 3.01. The molecule has 0 aromatic heterocycles. The number of rotatable bonds is 4. The molecular formula is C24H33BrO4. The van der Waals surface area contributed by atoms with Crippen LogP contribution in [0, 0.1) is 28.6 Å². The molecule has 4 nitrogen and oxygen atoms in total. The summed E-state index contributed by atoms with van der Waals surface area (Å²) >= 11 is 3.36. The highest BCUT2D eigenvalue weighted by Gasteiger charge is 2.68. The van der Waals surface area contributed by atoms with Crippen molar-refractivity contribution in [3.8, 4) is 0 Å². The Labute approximate surface area is 182 Å². The molecule has 4 aliphatic carbocycles. The Kier molecular flexibility index (Phi) is 5.37. The van der Waals surface area contributed by atoms with Gasteiger partial charge in [0, 0.05) is 18.3 Å². The smallest absolute Gasteiger partial charge is 0.306 e. The minimum absolute atomic E-state index is 0.0219. The lowest BCUT2D eigenvalue weighted by Crippen LogP contribution is -2.59. The molecule has 0 unspecified atom stereocenters. The fraction of sp³-hybridized carbons (Fsp3) is 0.792. The SMILES string of the molecule is CCC(=O)O[C@@]1(C(=O)CBr)CC[C@H]2[C@@H]3CCC4=CC(=O)CC[C@]4(C)[C@H]3CC[C@@]21C. The summed E-state index contributed by atoms with van der Waals surface area (Å²) in [7, 11) is 0. The van der Waals surface area contributed by atoms with Crippen molar-refractivity contribution in [3.63, 3.8) is 0 Å². The van der Waals surface area contributed by atoms with E-state index in [9.17, 15) is 14.4 Å². The molecule has 29 heavy (non-hydrogen) atoms. The van der Waals surface area contributed by atoms with Crippen LogP contribution < -0.4 is 0 Å². The second-order valence-electron chi connectivity index (χ2n) is 10.2. The molecule has 0 amide bonds. The first-order chi connectivity index (χ1) is 13.7. The van der Waals surface area contributed by atoms with Gasteiger partial charge in [0.25, 0.3) is 0 Å². The summed E-state index contributed by atoms with van der Waals surface area (Å²) in [6, 6.07) is 0. The van der Waals surface area contributed by atoms with Crippen molar-refractivity contribution in [3.05, 3.63) is 11.6 Å². The van der Waals surface area contributed by atoms with Crippen LogP contribution >= 0.6 is 15.9 Å². The lowest BCUT2D eigenvalue weighted by molar-refractivity contribution is -0.188. The van der Waals surface area contributed by atoms with E-state index in [1.807, 2.05) is 6.08 Å². The zero-order valence-corrected chi connectivity index (χ0v) is 19.5. The van der Waals surface area contributed by atoms with Crippen LogP contribution in [-0.2, 0) is 19.1 Å². The van der Waals surface area contributed by atoms with E-state index in [0.717, 1.165) is 38.5 Å². The van der Waals surface area contributed by atoms with Crippen molar-refractivity contribution >= 4 is 33.5 Å². The Balaban J connectivity index is 1.69. The van der Waals surface area contributed by atoms with E-state index in [1.54, 1.807) is 6.92 Å². The first-order valence-electron chi connectivity index (χ1n) is 11.3. The van der Waals surface area contributed by atoms with Crippen LogP contribution in [0.5, 0.6) is 0 Å². The number of ether oxygens (including phenoxy) is 1.